The van der Waals surface area contributed by atoms with Crippen molar-refractivity contribution < 1.29 is 9.53 Å². The molecule has 0 aliphatic heterocycles. The molecular formula is C14H11N3O2S. The third-order valence-corrected chi connectivity index (χ3v) is 3.73. The Bertz CT molecular complexity index is 781. The Morgan fingerprint density at radius 2 is 2.00 bits per heavy atom. The summed E-state index contributed by atoms with van der Waals surface area (Å²) in [5, 5.41) is 0.252. The maximum Gasteiger partial charge on any atom is 0.277 e. The lowest BCUT2D eigenvalue weighted by molar-refractivity contribution is 0.1000. The first-order valence-electron chi connectivity index (χ1n) is 5.92. The largest absolute Gasteiger partial charge is 0.453 e. The fourth-order valence-corrected chi connectivity index (χ4v) is 2.55. The molecule has 0 radical (unpaired) electrons. The SMILES string of the molecule is Cc1ccc(Oc2cncc3sc(C(N)=O)nc23)cc1. The molecule has 2 aromatic heterocycles. The maximum absolute atomic E-state index is 11.2. The van der Waals surface area contributed by atoms with E-state index >= 15 is 0 Å². The highest BCUT2D eigenvalue weighted by atomic mass is 32.1. The van der Waals surface area contributed by atoms with Gasteiger partial charge in [-0.05, 0) is 19.1 Å². The van der Waals surface area contributed by atoms with Gasteiger partial charge < -0.3 is 10.5 Å². The van der Waals surface area contributed by atoms with Crippen molar-refractivity contribution in [1.29, 1.82) is 0 Å². The van der Waals surface area contributed by atoms with Gasteiger partial charge in [-0.1, -0.05) is 17.7 Å². The van der Waals surface area contributed by atoms with Crippen LogP contribution in [0.1, 0.15) is 15.4 Å². The standard InChI is InChI=1S/C14H11N3O2S/c1-8-2-4-9(5-3-8)19-10-6-16-7-11-12(10)17-14(20-11)13(15)18/h2-7H,1H3,(H2,15,18). The zero-order valence-corrected chi connectivity index (χ0v) is 11.5. The molecule has 0 spiro atoms. The van der Waals surface area contributed by atoms with Gasteiger partial charge in [0.05, 0.1) is 10.9 Å². The molecule has 100 valence electrons. The number of hydrogen-bond acceptors (Lipinski definition) is 5. The molecule has 2 heterocycles. The Hall–Kier alpha value is -2.47. The van der Waals surface area contributed by atoms with Crippen molar-refractivity contribution in [3.8, 4) is 11.5 Å². The normalized spacial score (nSPS) is 10.7. The smallest absolute Gasteiger partial charge is 0.277 e. The molecule has 3 rings (SSSR count). The van der Waals surface area contributed by atoms with Crippen LogP contribution in [0.15, 0.2) is 36.7 Å². The highest BCUT2D eigenvalue weighted by Crippen LogP contribution is 2.31. The fourth-order valence-electron chi connectivity index (χ4n) is 1.74. The fraction of sp³-hybridized carbons (Fsp3) is 0.0714. The van der Waals surface area contributed by atoms with Crippen LogP contribution < -0.4 is 10.5 Å². The summed E-state index contributed by atoms with van der Waals surface area (Å²) in [5.41, 5.74) is 6.99. The van der Waals surface area contributed by atoms with E-state index in [1.54, 1.807) is 12.4 Å². The van der Waals surface area contributed by atoms with Crippen LogP contribution in [-0.2, 0) is 0 Å². The Balaban J connectivity index is 2.02. The van der Waals surface area contributed by atoms with Crippen LogP contribution in [0.2, 0.25) is 0 Å². The second kappa shape index (κ2) is 4.90. The quantitative estimate of drug-likeness (QED) is 0.802. The monoisotopic (exact) mass is 285 g/mol. The van der Waals surface area contributed by atoms with E-state index in [2.05, 4.69) is 9.97 Å². The first-order chi connectivity index (χ1) is 9.63. The van der Waals surface area contributed by atoms with Crippen molar-refractivity contribution in [2.45, 2.75) is 6.92 Å². The Labute approximate surface area is 119 Å². The number of ether oxygens (including phenoxy) is 1. The van der Waals surface area contributed by atoms with Gasteiger partial charge in [0.2, 0.25) is 0 Å². The van der Waals surface area contributed by atoms with E-state index in [1.807, 2.05) is 31.2 Å². The van der Waals surface area contributed by atoms with Crippen molar-refractivity contribution in [2.24, 2.45) is 5.73 Å². The number of primary amides is 1. The van der Waals surface area contributed by atoms with Gasteiger partial charge in [-0.15, -0.1) is 11.3 Å². The molecule has 0 saturated carbocycles. The summed E-state index contributed by atoms with van der Waals surface area (Å²) in [6.07, 6.45) is 3.22. The van der Waals surface area contributed by atoms with E-state index in [4.69, 9.17) is 10.5 Å². The molecule has 0 aliphatic rings. The Kier molecular flexibility index (Phi) is 3.08. The molecule has 0 bridgehead atoms. The lowest BCUT2D eigenvalue weighted by Crippen LogP contribution is -2.09. The summed E-state index contributed by atoms with van der Waals surface area (Å²) in [4.78, 5) is 19.5. The van der Waals surface area contributed by atoms with E-state index in [0.29, 0.717) is 17.0 Å². The molecule has 2 N–H and O–H groups in total. The number of carbonyl (C=O) groups excluding carboxylic acids is 1. The molecule has 0 atom stereocenters. The zero-order valence-electron chi connectivity index (χ0n) is 10.7. The number of carbonyl (C=O) groups is 1. The molecule has 3 aromatic rings. The van der Waals surface area contributed by atoms with Gasteiger partial charge in [0.15, 0.2) is 10.8 Å². The minimum atomic E-state index is -0.549. The van der Waals surface area contributed by atoms with Crippen LogP contribution in [0.3, 0.4) is 0 Å². The predicted octanol–water partition coefficient (Wildman–Crippen LogP) is 2.89. The average Bonchev–Trinajstić information content (AvgIpc) is 2.87. The summed E-state index contributed by atoms with van der Waals surface area (Å²) in [5.74, 6) is 0.654. The molecule has 20 heavy (non-hydrogen) atoms. The van der Waals surface area contributed by atoms with E-state index < -0.39 is 5.91 Å². The van der Waals surface area contributed by atoms with Crippen LogP contribution in [0, 0.1) is 6.92 Å². The number of aryl methyl sites for hydroxylation is 1. The second-order valence-corrected chi connectivity index (χ2v) is 5.31. The summed E-state index contributed by atoms with van der Waals surface area (Å²) in [6.45, 7) is 2.01. The van der Waals surface area contributed by atoms with Crippen molar-refractivity contribution in [2.75, 3.05) is 0 Å². The maximum atomic E-state index is 11.2. The predicted molar refractivity (Wildman–Crippen MR) is 77.2 cm³/mol. The second-order valence-electron chi connectivity index (χ2n) is 4.28. The highest BCUT2D eigenvalue weighted by Gasteiger charge is 2.13. The minimum absolute atomic E-state index is 0.252. The number of rotatable bonds is 3. The summed E-state index contributed by atoms with van der Waals surface area (Å²) < 4.78 is 6.54. The third-order valence-electron chi connectivity index (χ3n) is 2.73. The number of fused-ring (bicyclic) bond motifs is 1. The van der Waals surface area contributed by atoms with Crippen molar-refractivity contribution in [3.05, 3.63) is 47.2 Å². The van der Waals surface area contributed by atoms with Gasteiger partial charge in [-0.2, -0.15) is 0 Å². The number of nitrogens with two attached hydrogens (primary N) is 1. The topological polar surface area (TPSA) is 78.1 Å². The van der Waals surface area contributed by atoms with Crippen molar-refractivity contribution in [1.82, 2.24) is 9.97 Å². The summed E-state index contributed by atoms with van der Waals surface area (Å²) in [7, 11) is 0. The van der Waals surface area contributed by atoms with E-state index in [9.17, 15) is 4.79 Å². The first kappa shape index (κ1) is 12.6. The molecule has 6 heteroatoms. The lowest BCUT2D eigenvalue weighted by atomic mass is 10.2. The van der Waals surface area contributed by atoms with Gasteiger partial charge in [0.1, 0.15) is 11.3 Å². The molecule has 5 nitrogen and oxygen atoms in total. The molecule has 1 aromatic carbocycles. The number of thiazole rings is 1. The number of aromatic nitrogens is 2. The highest BCUT2D eigenvalue weighted by molar-refractivity contribution is 7.20. The molecule has 0 fully saturated rings. The third kappa shape index (κ3) is 2.33. The Morgan fingerprint density at radius 1 is 1.25 bits per heavy atom. The van der Waals surface area contributed by atoms with Gasteiger partial charge in [0, 0.05) is 6.20 Å². The molecular weight excluding hydrogens is 274 g/mol. The van der Waals surface area contributed by atoms with Gasteiger partial charge in [-0.25, -0.2) is 4.98 Å². The van der Waals surface area contributed by atoms with Crippen LogP contribution in [-0.4, -0.2) is 15.9 Å². The average molecular weight is 285 g/mol. The summed E-state index contributed by atoms with van der Waals surface area (Å²) in [6, 6.07) is 7.66. The number of nitrogens with zero attached hydrogens (tertiary/aromatic N) is 2. The number of hydrogen-bond donors (Lipinski definition) is 1. The Morgan fingerprint density at radius 3 is 2.70 bits per heavy atom. The lowest BCUT2D eigenvalue weighted by Gasteiger charge is -2.05. The molecule has 0 saturated heterocycles. The zero-order chi connectivity index (χ0) is 14.1. The number of benzene rings is 1. The van der Waals surface area contributed by atoms with Crippen molar-refractivity contribution >= 4 is 27.5 Å². The van der Waals surface area contributed by atoms with Crippen LogP contribution in [0.25, 0.3) is 10.2 Å². The molecule has 0 unspecified atom stereocenters. The van der Waals surface area contributed by atoms with Crippen LogP contribution in [0.5, 0.6) is 11.5 Å². The van der Waals surface area contributed by atoms with Crippen LogP contribution >= 0.6 is 11.3 Å². The molecule has 1 amide bonds. The summed E-state index contributed by atoms with van der Waals surface area (Å²) >= 11 is 1.20. The van der Waals surface area contributed by atoms with Crippen LogP contribution in [0.4, 0.5) is 0 Å². The number of pyridine rings is 1. The number of amides is 1. The van der Waals surface area contributed by atoms with Crippen molar-refractivity contribution in [3.63, 3.8) is 0 Å². The van der Waals surface area contributed by atoms with E-state index in [1.165, 1.54) is 11.3 Å². The van der Waals surface area contributed by atoms with Gasteiger partial charge in [-0.3, -0.25) is 9.78 Å². The molecule has 0 aliphatic carbocycles. The first-order valence-corrected chi connectivity index (χ1v) is 6.74. The van der Waals surface area contributed by atoms with E-state index in [0.717, 1.165) is 10.3 Å². The van der Waals surface area contributed by atoms with Gasteiger partial charge >= 0.3 is 0 Å². The van der Waals surface area contributed by atoms with E-state index in [-0.39, 0.29) is 5.01 Å². The van der Waals surface area contributed by atoms with Gasteiger partial charge in [0.25, 0.3) is 5.91 Å². The minimum Gasteiger partial charge on any atom is -0.453 e.